The average Bonchev–Trinajstić information content (AvgIpc) is 3.46. The first-order chi connectivity index (χ1) is 15.7. The van der Waals surface area contributed by atoms with Gasteiger partial charge in [-0.3, -0.25) is 4.68 Å². The molecular formula is C23H21F3N6O. The number of hydrogen-bond donors (Lipinski definition) is 1. The topological polar surface area (TPSA) is 81.7 Å². The highest BCUT2D eigenvalue weighted by molar-refractivity contribution is 5.92. The van der Waals surface area contributed by atoms with Gasteiger partial charge in [0.15, 0.2) is 5.82 Å². The average molecular weight is 454 g/mol. The Bertz CT molecular complexity index is 1340. The van der Waals surface area contributed by atoms with Gasteiger partial charge >= 0.3 is 6.18 Å². The Morgan fingerprint density at radius 2 is 1.88 bits per heavy atom. The molecule has 0 bridgehead atoms. The summed E-state index contributed by atoms with van der Waals surface area (Å²) in [5.41, 5.74) is -0.650. The van der Waals surface area contributed by atoms with Crippen LogP contribution in [0.2, 0.25) is 0 Å². The second-order valence-electron chi connectivity index (χ2n) is 8.30. The van der Waals surface area contributed by atoms with E-state index in [2.05, 4.69) is 20.6 Å². The van der Waals surface area contributed by atoms with Crippen LogP contribution in [0.25, 0.3) is 22.3 Å². The highest BCUT2D eigenvalue weighted by Gasteiger charge is 2.61. The van der Waals surface area contributed by atoms with Crippen molar-refractivity contribution in [1.29, 1.82) is 0 Å². The van der Waals surface area contributed by atoms with Crippen molar-refractivity contribution in [2.75, 3.05) is 0 Å². The van der Waals surface area contributed by atoms with E-state index in [1.165, 1.54) is 18.2 Å². The summed E-state index contributed by atoms with van der Waals surface area (Å²) in [6.07, 6.45) is 0.0186. The maximum absolute atomic E-state index is 14.2. The SMILES string of the molecule is Cc1cc(-c2cnn(CCCc3nnnn3C)c2)c2c(c1)[C@@](O)(C(F)(F)F)c1ccccc1-2. The number of rotatable bonds is 5. The van der Waals surface area contributed by atoms with Crippen molar-refractivity contribution in [3.63, 3.8) is 0 Å². The van der Waals surface area contributed by atoms with Gasteiger partial charge in [0.05, 0.1) is 6.20 Å². The van der Waals surface area contributed by atoms with Gasteiger partial charge in [-0.05, 0) is 40.5 Å². The van der Waals surface area contributed by atoms with Crippen LogP contribution in [-0.2, 0) is 25.6 Å². The zero-order valence-electron chi connectivity index (χ0n) is 18.0. The van der Waals surface area contributed by atoms with Crippen LogP contribution in [0.5, 0.6) is 0 Å². The monoisotopic (exact) mass is 454 g/mol. The van der Waals surface area contributed by atoms with Crippen molar-refractivity contribution < 1.29 is 18.3 Å². The molecule has 33 heavy (non-hydrogen) atoms. The van der Waals surface area contributed by atoms with E-state index in [-0.39, 0.29) is 11.1 Å². The second-order valence-corrected chi connectivity index (χ2v) is 8.30. The number of benzene rings is 2. The molecule has 0 saturated carbocycles. The summed E-state index contributed by atoms with van der Waals surface area (Å²) >= 11 is 0. The van der Waals surface area contributed by atoms with Crippen LogP contribution < -0.4 is 0 Å². The van der Waals surface area contributed by atoms with E-state index >= 15 is 0 Å². The van der Waals surface area contributed by atoms with Crippen LogP contribution in [0.15, 0.2) is 48.8 Å². The van der Waals surface area contributed by atoms with Gasteiger partial charge in [0.2, 0.25) is 5.60 Å². The summed E-state index contributed by atoms with van der Waals surface area (Å²) in [6, 6.07) is 9.41. The lowest BCUT2D eigenvalue weighted by Gasteiger charge is -2.28. The Balaban J connectivity index is 1.53. The molecule has 1 atom stereocenters. The minimum atomic E-state index is -4.86. The number of aryl methyl sites for hydroxylation is 4. The van der Waals surface area contributed by atoms with Crippen LogP contribution in [-0.4, -0.2) is 41.3 Å². The lowest BCUT2D eigenvalue weighted by molar-refractivity contribution is -0.246. The lowest BCUT2D eigenvalue weighted by Crippen LogP contribution is -2.41. The number of tetrazole rings is 1. The number of nitrogens with zero attached hydrogens (tertiary/aromatic N) is 6. The summed E-state index contributed by atoms with van der Waals surface area (Å²) in [4.78, 5) is 0. The predicted octanol–water partition coefficient (Wildman–Crippen LogP) is 3.79. The molecule has 2 heterocycles. The summed E-state index contributed by atoms with van der Waals surface area (Å²) in [7, 11) is 1.78. The molecule has 10 heteroatoms. The normalized spacial score (nSPS) is 17.3. The molecule has 5 rings (SSSR count). The number of halogens is 3. The lowest BCUT2D eigenvalue weighted by atomic mass is 9.88. The molecule has 0 fully saturated rings. The highest BCUT2D eigenvalue weighted by Crippen LogP contribution is 2.57. The Kier molecular flexibility index (Phi) is 4.86. The first-order valence-electron chi connectivity index (χ1n) is 10.5. The van der Waals surface area contributed by atoms with Gasteiger partial charge in [0.25, 0.3) is 0 Å². The van der Waals surface area contributed by atoms with Crippen molar-refractivity contribution in [2.45, 2.75) is 38.1 Å². The molecule has 0 unspecified atom stereocenters. The largest absolute Gasteiger partial charge is 0.425 e. The zero-order chi connectivity index (χ0) is 23.4. The van der Waals surface area contributed by atoms with Crippen molar-refractivity contribution in [2.24, 2.45) is 7.05 Å². The van der Waals surface area contributed by atoms with Crippen LogP contribution in [0.4, 0.5) is 13.2 Å². The molecule has 0 aliphatic heterocycles. The van der Waals surface area contributed by atoms with E-state index in [4.69, 9.17) is 0 Å². The fourth-order valence-electron chi connectivity index (χ4n) is 4.54. The van der Waals surface area contributed by atoms with Gasteiger partial charge < -0.3 is 5.11 Å². The second kappa shape index (κ2) is 7.51. The first kappa shape index (κ1) is 21.3. The summed E-state index contributed by atoms with van der Waals surface area (Å²) in [6.45, 7) is 2.33. The van der Waals surface area contributed by atoms with Gasteiger partial charge in [0.1, 0.15) is 0 Å². The molecular weight excluding hydrogens is 433 g/mol. The van der Waals surface area contributed by atoms with E-state index in [1.807, 2.05) is 12.3 Å². The summed E-state index contributed by atoms with van der Waals surface area (Å²) in [5, 5.41) is 26.8. The molecule has 4 aromatic rings. The molecule has 2 aromatic carbocycles. The molecule has 170 valence electrons. The molecule has 0 amide bonds. The third kappa shape index (κ3) is 3.32. The molecule has 7 nitrogen and oxygen atoms in total. The smallest absolute Gasteiger partial charge is 0.372 e. The van der Waals surface area contributed by atoms with Gasteiger partial charge in [-0.1, -0.05) is 42.0 Å². The van der Waals surface area contributed by atoms with Crippen LogP contribution in [0.1, 0.15) is 28.9 Å². The summed E-state index contributed by atoms with van der Waals surface area (Å²) < 4.78 is 45.9. The Morgan fingerprint density at radius 1 is 1.09 bits per heavy atom. The summed E-state index contributed by atoms with van der Waals surface area (Å²) in [5.74, 6) is 0.766. The highest BCUT2D eigenvalue weighted by atomic mass is 19.4. The third-order valence-electron chi connectivity index (χ3n) is 6.11. The maximum atomic E-state index is 14.2. The van der Waals surface area contributed by atoms with Crippen molar-refractivity contribution in [3.05, 3.63) is 71.3 Å². The van der Waals surface area contributed by atoms with Gasteiger partial charge in [-0.2, -0.15) is 18.3 Å². The molecule has 0 spiro atoms. The number of aliphatic hydroxyl groups is 1. The molecule has 0 saturated heterocycles. The quantitative estimate of drug-likeness (QED) is 0.496. The number of alkyl halides is 3. The van der Waals surface area contributed by atoms with E-state index in [1.54, 1.807) is 41.7 Å². The van der Waals surface area contributed by atoms with Crippen molar-refractivity contribution in [1.82, 2.24) is 30.0 Å². The molecule has 1 aliphatic carbocycles. The first-order valence-corrected chi connectivity index (χ1v) is 10.5. The Labute approximate surface area is 187 Å². The Hall–Kier alpha value is -3.53. The van der Waals surface area contributed by atoms with E-state index in [0.29, 0.717) is 40.8 Å². The van der Waals surface area contributed by atoms with Gasteiger partial charge in [-0.25, -0.2) is 4.68 Å². The van der Waals surface area contributed by atoms with E-state index in [9.17, 15) is 18.3 Å². The minimum absolute atomic E-state index is 0.145. The predicted molar refractivity (Wildman–Crippen MR) is 114 cm³/mol. The van der Waals surface area contributed by atoms with Crippen LogP contribution >= 0.6 is 0 Å². The Morgan fingerprint density at radius 3 is 2.61 bits per heavy atom. The van der Waals surface area contributed by atoms with Gasteiger partial charge in [0, 0.05) is 42.9 Å². The molecule has 0 radical (unpaired) electrons. The maximum Gasteiger partial charge on any atom is 0.425 e. The van der Waals surface area contributed by atoms with Crippen LogP contribution in [0, 0.1) is 6.92 Å². The van der Waals surface area contributed by atoms with Gasteiger partial charge in [-0.15, -0.1) is 5.10 Å². The van der Waals surface area contributed by atoms with Crippen molar-refractivity contribution >= 4 is 0 Å². The zero-order valence-corrected chi connectivity index (χ0v) is 18.0. The third-order valence-corrected chi connectivity index (χ3v) is 6.11. The fourth-order valence-corrected chi connectivity index (χ4v) is 4.54. The van der Waals surface area contributed by atoms with Crippen LogP contribution in [0.3, 0.4) is 0 Å². The minimum Gasteiger partial charge on any atom is -0.372 e. The van der Waals surface area contributed by atoms with E-state index < -0.39 is 11.8 Å². The van der Waals surface area contributed by atoms with E-state index in [0.717, 1.165) is 12.2 Å². The molecule has 1 aliphatic rings. The standard InChI is InChI=1S/C23H21F3N6O/c1-14-10-17(15-12-27-32(13-15)9-5-8-20-28-29-30-31(20)2)21-16-6-3-4-7-18(16)22(33,19(21)11-14)23(24,25)26/h3-4,6-7,10-13,33H,5,8-9H2,1-2H3/t22-/m1/s1. The number of fused-ring (bicyclic) bond motifs is 3. The molecule has 2 aromatic heterocycles. The number of aromatic nitrogens is 6. The van der Waals surface area contributed by atoms with Crippen molar-refractivity contribution in [3.8, 4) is 22.3 Å². The molecule has 1 N–H and O–H groups in total. The fraction of sp³-hybridized carbons (Fsp3) is 0.304. The number of hydrogen-bond acceptors (Lipinski definition) is 5.